The molecule has 16 heavy (non-hydrogen) atoms. The molecule has 0 aromatic rings. The van der Waals surface area contributed by atoms with Gasteiger partial charge in [-0.15, -0.1) is 0 Å². The van der Waals surface area contributed by atoms with Crippen molar-refractivity contribution in [1.82, 2.24) is 0 Å². The fourth-order valence-electron chi connectivity index (χ4n) is 1.24. The number of rotatable bonds is 7. The molecule has 0 saturated carbocycles. The maximum absolute atomic E-state index is 11.0. The van der Waals surface area contributed by atoms with Crippen LogP contribution in [0.2, 0.25) is 0 Å². The molecular weight excluding hydrogens is 208 g/mol. The fourth-order valence-corrected chi connectivity index (χ4v) is 1.24. The molecular formula is C12H20O4. The van der Waals surface area contributed by atoms with Crippen LogP contribution in [0, 0.1) is 11.8 Å². The summed E-state index contributed by atoms with van der Waals surface area (Å²) in [6.45, 7) is 3.84. The van der Waals surface area contributed by atoms with Gasteiger partial charge in [-0.3, -0.25) is 9.59 Å². The highest BCUT2D eigenvalue weighted by atomic mass is 16.5. The van der Waals surface area contributed by atoms with Crippen molar-refractivity contribution in [3.8, 4) is 0 Å². The number of ether oxygens (including phenoxy) is 2. The topological polar surface area (TPSA) is 52.6 Å². The Hall–Kier alpha value is -1.06. The molecule has 0 rings (SSSR count). The lowest BCUT2D eigenvalue weighted by Gasteiger charge is -2.12. The molecule has 92 valence electrons. The van der Waals surface area contributed by atoms with Crippen molar-refractivity contribution < 1.29 is 19.1 Å². The first-order valence-electron chi connectivity index (χ1n) is 5.25. The van der Waals surface area contributed by atoms with E-state index in [1.54, 1.807) is 0 Å². The molecule has 0 atom stereocenters. The number of carbonyl (C=O) groups is 2. The van der Waals surface area contributed by atoms with Crippen LogP contribution >= 0.6 is 0 Å². The minimum atomic E-state index is -0.219. The lowest BCUT2D eigenvalue weighted by atomic mass is 9.94. The third-order valence-electron chi connectivity index (χ3n) is 2.33. The van der Waals surface area contributed by atoms with Gasteiger partial charge < -0.3 is 9.47 Å². The summed E-state index contributed by atoms with van der Waals surface area (Å²) in [6, 6.07) is 0. The molecule has 0 spiro atoms. The second-order valence-electron chi connectivity index (χ2n) is 3.92. The molecule has 0 heterocycles. The SMILES string of the molecule is COC(=O)C[C](C)CC[C](C)CC(=O)OC. The molecule has 0 aliphatic carbocycles. The average Bonchev–Trinajstić information content (AvgIpc) is 2.26. The molecule has 0 aromatic heterocycles. The van der Waals surface area contributed by atoms with Gasteiger partial charge in [0.15, 0.2) is 0 Å². The van der Waals surface area contributed by atoms with Crippen molar-refractivity contribution in [2.45, 2.75) is 39.5 Å². The van der Waals surface area contributed by atoms with E-state index in [1.165, 1.54) is 14.2 Å². The monoisotopic (exact) mass is 228 g/mol. The fraction of sp³-hybridized carbons (Fsp3) is 0.667. The molecule has 0 unspecified atom stereocenters. The molecule has 0 aliphatic heterocycles. The van der Waals surface area contributed by atoms with Crippen LogP contribution in [0.4, 0.5) is 0 Å². The summed E-state index contributed by atoms with van der Waals surface area (Å²) in [6.07, 6.45) is 2.31. The molecule has 4 heteroatoms. The summed E-state index contributed by atoms with van der Waals surface area (Å²) < 4.78 is 9.14. The van der Waals surface area contributed by atoms with Gasteiger partial charge in [-0.1, -0.05) is 13.8 Å². The van der Waals surface area contributed by atoms with E-state index in [-0.39, 0.29) is 11.9 Å². The van der Waals surface area contributed by atoms with E-state index >= 15 is 0 Å². The van der Waals surface area contributed by atoms with Crippen LogP contribution in [0.15, 0.2) is 0 Å². The summed E-state index contributed by atoms with van der Waals surface area (Å²) in [5.41, 5.74) is 0. The maximum atomic E-state index is 11.0. The predicted octanol–water partition coefficient (Wildman–Crippen LogP) is 2.08. The molecule has 0 aliphatic rings. The van der Waals surface area contributed by atoms with E-state index in [0.717, 1.165) is 24.7 Å². The van der Waals surface area contributed by atoms with Crippen LogP contribution in [-0.4, -0.2) is 26.2 Å². The predicted molar refractivity (Wildman–Crippen MR) is 60.3 cm³/mol. The van der Waals surface area contributed by atoms with Crippen molar-refractivity contribution in [2.24, 2.45) is 0 Å². The van der Waals surface area contributed by atoms with E-state index < -0.39 is 0 Å². The largest absolute Gasteiger partial charge is 0.469 e. The highest BCUT2D eigenvalue weighted by Crippen LogP contribution is 2.21. The third kappa shape index (κ3) is 7.26. The van der Waals surface area contributed by atoms with Gasteiger partial charge in [0.2, 0.25) is 0 Å². The lowest BCUT2D eigenvalue weighted by Crippen LogP contribution is -2.09. The van der Waals surface area contributed by atoms with Gasteiger partial charge in [0.25, 0.3) is 0 Å². The van der Waals surface area contributed by atoms with Crippen LogP contribution in [0.3, 0.4) is 0 Å². The number of esters is 2. The first-order chi connectivity index (χ1) is 7.49. The Morgan fingerprint density at radius 2 is 1.12 bits per heavy atom. The molecule has 0 saturated heterocycles. The molecule has 0 aromatic carbocycles. The summed E-state index contributed by atoms with van der Waals surface area (Å²) in [5.74, 6) is 1.69. The normalized spacial score (nSPS) is 10.6. The van der Waals surface area contributed by atoms with Crippen LogP contribution < -0.4 is 0 Å². The summed E-state index contributed by atoms with van der Waals surface area (Å²) in [7, 11) is 2.76. The molecule has 0 bridgehead atoms. The molecule has 0 N–H and O–H groups in total. The van der Waals surface area contributed by atoms with Gasteiger partial charge in [0, 0.05) is 0 Å². The summed E-state index contributed by atoms with van der Waals surface area (Å²) in [4.78, 5) is 21.9. The van der Waals surface area contributed by atoms with Crippen LogP contribution in [0.1, 0.15) is 39.5 Å². The smallest absolute Gasteiger partial charge is 0.306 e. The van der Waals surface area contributed by atoms with Crippen molar-refractivity contribution in [3.05, 3.63) is 11.8 Å². The highest BCUT2D eigenvalue weighted by Gasteiger charge is 2.14. The highest BCUT2D eigenvalue weighted by molar-refractivity contribution is 5.71. The van der Waals surface area contributed by atoms with E-state index in [2.05, 4.69) is 9.47 Å². The Balaban J connectivity index is 3.70. The number of hydrogen-bond acceptors (Lipinski definition) is 4. The van der Waals surface area contributed by atoms with Gasteiger partial charge in [-0.25, -0.2) is 0 Å². The Morgan fingerprint density at radius 1 is 0.812 bits per heavy atom. The third-order valence-corrected chi connectivity index (χ3v) is 2.33. The van der Waals surface area contributed by atoms with Crippen molar-refractivity contribution in [1.29, 1.82) is 0 Å². The van der Waals surface area contributed by atoms with E-state index in [9.17, 15) is 9.59 Å². The minimum absolute atomic E-state index is 0.219. The van der Waals surface area contributed by atoms with Gasteiger partial charge in [0.1, 0.15) is 0 Å². The van der Waals surface area contributed by atoms with Crippen molar-refractivity contribution in [2.75, 3.05) is 14.2 Å². The van der Waals surface area contributed by atoms with E-state index in [0.29, 0.717) is 12.8 Å². The van der Waals surface area contributed by atoms with Gasteiger partial charge in [-0.2, -0.15) is 0 Å². The minimum Gasteiger partial charge on any atom is -0.469 e. The zero-order chi connectivity index (χ0) is 12.6. The lowest BCUT2D eigenvalue weighted by molar-refractivity contribution is -0.141. The van der Waals surface area contributed by atoms with Gasteiger partial charge >= 0.3 is 11.9 Å². The molecule has 2 radical (unpaired) electrons. The Labute approximate surface area is 97.3 Å². The standard InChI is InChI=1S/C12H20O4/c1-9(7-11(13)15-3)5-6-10(2)8-12(14)16-4/h5-8H2,1-4H3. The van der Waals surface area contributed by atoms with E-state index in [4.69, 9.17) is 0 Å². The zero-order valence-electron chi connectivity index (χ0n) is 10.5. The number of carbonyl (C=O) groups excluding carboxylic acids is 2. The quantitative estimate of drug-likeness (QED) is 0.626. The molecule has 4 nitrogen and oxygen atoms in total. The average molecular weight is 228 g/mol. The number of methoxy groups -OCH3 is 2. The van der Waals surface area contributed by atoms with Crippen LogP contribution in [-0.2, 0) is 19.1 Å². The summed E-state index contributed by atoms with van der Waals surface area (Å²) in [5, 5.41) is 0. The maximum Gasteiger partial charge on any atom is 0.306 e. The Morgan fingerprint density at radius 3 is 1.38 bits per heavy atom. The first kappa shape index (κ1) is 14.9. The van der Waals surface area contributed by atoms with Crippen molar-refractivity contribution >= 4 is 11.9 Å². The first-order valence-corrected chi connectivity index (χ1v) is 5.25. The van der Waals surface area contributed by atoms with E-state index in [1.807, 2.05) is 13.8 Å². The Bertz CT molecular complexity index is 201. The number of hydrogen-bond donors (Lipinski definition) is 0. The zero-order valence-corrected chi connectivity index (χ0v) is 10.5. The van der Waals surface area contributed by atoms with Crippen molar-refractivity contribution in [3.63, 3.8) is 0 Å². The Kier molecular flexibility index (Phi) is 7.60. The second kappa shape index (κ2) is 8.13. The second-order valence-corrected chi connectivity index (χ2v) is 3.92. The summed E-state index contributed by atoms with van der Waals surface area (Å²) >= 11 is 0. The molecule has 0 amide bonds. The molecule has 0 fully saturated rings. The van der Waals surface area contributed by atoms with Gasteiger partial charge in [-0.05, 0) is 24.7 Å². The van der Waals surface area contributed by atoms with Crippen LogP contribution in [0.25, 0.3) is 0 Å². The van der Waals surface area contributed by atoms with Crippen LogP contribution in [0.5, 0.6) is 0 Å². The van der Waals surface area contributed by atoms with Gasteiger partial charge in [0.05, 0.1) is 27.1 Å².